The van der Waals surface area contributed by atoms with Crippen LogP contribution in [0.25, 0.3) is 0 Å². The molecule has 0 spiro atoms. The van der Waals surface area contributed by atoms with Gasteiger partial charge in [0, 0.05) is 12.3 Å². The van der Waals surface area contributed by atoms with E-state index in [0.29, 0.717) is 19.0 Å². The second kappa shape index (κ2) is 11.7. The van der Waals surface area contributed by atoms with Gasteiger partial charge in [0.1, 0.15) is 5.82 Å². The topological polar surface area (TPSA) is 36.4 Å². The van der Waals surface area contributed by atoms with Crippen LogP contribution in [0.1, 0.15) is 18.1 Å². The molecule has 1 aromatic carbocycles. The highest BCUT2D eigenvalue weighted by Gasteiger charge is 2.04. The zero-order chi connectivity index (χ0) is 14.8. The number of nitrogens with one attached hydrogen (secondary N) is 2. The summed E-state index contributed by atoms with van der Waals surface area (Å²) in [7, 11) is 0. The lowest BCUT2D eigenvalue weighted by Crippen LogP contribution is -2.37. The Morgan fingerprint density at radius 1 is 1.38 bits per heavy atom. The summed E-state index contributed by atoms with van der Waals surface area (Å²) >= 11 is 1.66. The van der Waals surface area contributed by atoms with Crippen molar-refractivity contribution in [3.05, 3.63) is 35.1 Å². The standard InChI is InChI=1S/C15H20FN3S.HI/c1-4-8-18-15(17-5-2)19-10-12-6-7-14(16)9-13(12)11-20-3;/h1,6-7,9H,5,8,10-11H2,2-3H3,(H2,17,18,19);1H. The van der Waals surface area contributed by atoms with Crippen LogP contribution in [0.4, 0.5) is 4.39 Å². The minimum absolute atomic E-state index is 0. The third-order valence-electron chi connectivity index (χ3n) is 2.58. The van der Waals surface area contributed by atoms with E-state index in [4.69, 9.17) is 6.42 Å². The van der Waals surface area contributed by atoms with E-state index in [9.17, 15) is 4.39 Å². The molecule has 0 heterocycles. The van der Waals surface area contributed by atoms with Crippen molar-refractivity contribution >= 4 is 41.7 Å². The summed E-state index contributed by atoms with van der Waals surface area (Å²) in [6.45, 7) is 3.67. The second-order valence-corrected chi connectivity index (χ2v) is 4.96. The summed E-state index contributed by atoms with van der Waals surface area (Å²) < 4.78 is 13.3. The maximum absolute atomic E-state index is 13.3. The maximum atomic E-state index is 13.3. The fourth-order valence-corrected chi connectivity index (χ4v) is 2.26. The third kappa shape index (κ3) is 7.58. The number of guanidine groups is 1. The largest absolute Gasteiger partial charge is 0.357 e. The lowest BCUT2D eigenvalue weighted by molar-refractivity contribution is 0.625. The van der Waals surface area contributed by atoms with E-state index in [1.165, 1.54) is 6.07 Å². The molecule has 6 heteroatoms. The minimum atomic E-state index is -0.209. The van der Waals surface area contributed by atoms with Crippen LogP contribution in [0.5, 0.6) is 0 Å². The van der Waals surface area contributed by atoms with Crippen molar-refractivity contribution < 1.29 is 4.39 Å². The van der Waals surface area contributed by atoms with Crippen LogP contribution in [0.3, 0.4) is 0 Å². The molecule has 0 atom stereocenters. The first-order valence-electron chi connectivity index (χ1n) is 6.43. The first-order chi connectivity index (χ1) is 9.71. The molecule has 0 bridgehead atoms. The number of hydrogen-bond acceptors (Lipinski definition) is 2. The molecule has 0 aliphatic heterocycles. The maximum Gasteiger partial charge on any atom is 0.192 e. The van der Waals surface area contributed by atoms with Crippen molar-refractivity contribution in [3.8, 4) is 12.3 Å². The molecule has 0 saturated carbocycles. The smallest absolute Gasteiger partial charge is 0.192 e. The molecule has 0 fully saturated rings. The Bertz CT molecular complexity index is 500. The fourth-order valence-electron chi connectivity index (χ4n) is 1.68. The molecular formula is C15H21FIN3S. The fraction of sp³-hybridized carbons (Fsp3) is 0.400. The number of nitrogens with zero attached hydrogens (tertiary/aromatic N) is 1. The van der Waals surface area contributed by atoms with E-state index in [1.807, 2.05) is 13.2 Å². The van der Waals surface area contributed by atoms with Crippen LogP contribution in [0.2, 0.25) is 0 Å². The quantitative estimate of drug-likeness (QED) is 0.321. The van der Waals surface area contributed by atoms with Crippen LogP contribution in [-0.4, -0.2) is 25.3 Å². The number of benzene rings is 1. The van der Waals surface area contributed by atoms with Gasteiger partial charge in [0.2, 0.25) is 0 Å². The van der Waals surface area contributed by atoms with Gasteiger partial charge < -0.3 is 10.6 Å². The summed E-state index contributed by atoms with van der Waals surface area (Å²) in [4.78, 5) is 4.46. The Morgan fingerprint density at radius 3 is 2.76 bits per heavy atom. The van der Waals surface area contributed by atoms with Crippen molar-refractivity contribution in [2.24, 2.45) is 4.99 Å². The first kappa shape index (κ1) is 20.1. The van der Waals surface area contributed by atoms with Crippen molar-refractivity contribution in [2.45, 2.75) is 19.2 Å². The van der Waals surface area contributed by atoms with Gasteiger partial charge in [0.15, 0.2) is 5.96 Å². The monoisotopic (exact) mass is 421 g/mol. The molecule has 116 valence electrons. The normalized spacial score (nSPS) is 10.5. The molecular weight excluding hydrogens is 400 g/mol. The molecule has 21 heavy (non-hydrogen) atoms. The van der Waals surface area contributed by atoms with Gasteiger partial charge in [0.25, 0.3) is 0 Å². The molecule has 0 amide bonds. The lowest BCUT2D eigenvalue weighted by atomic mass is 10.1. The molecule has 1 rings (SSSR count). The highest BCUT2D eigenvalue weighted by atomic mass is 127. The predicted octanol–water partition coefficient (Wildman–Crippen LogP) is 3.00. The molecule has 0 aliphatic carbocycles. The zero-order valence-corrected chi connectivity index (χ0v) is 15.4. The summed E-state index contributed by atoms with van der Waals surface area (Å²) in [5.41, 5.74) is 2.01. The van der Waals surface area contributed by atoms with Gasteiger partial charge in [-0.1, -0.05) is 12.0 Å². The number of halogens is 2. The average Bonchev–Trinajstić information content (AvgIpc) is 2.44. The van der Waals surface area contributed by atoms with Gasteiger partial charge in [-0.15, -0.1) is 30.4 Å². The highest BCUT2D eigenvalue weighted by Crippen LogP contribution is 2.17. The molecule has 0 saturated heterocycles. The van der Waals surface area contributed by atoms with Gasteiger partial charge in [-0.25, -0.2) is 9.38 Å². The third-order valence-corrected chi connectivity index (χ3v) is 3.18. The first-order valence-corrected chi connectivity index (χ1v) is 7.82. The number of rotatable bonds is 6. The molecule has 3 nitrogen and oxygen atoms in total. The van der Waals surface area contributed by atoms with Crippen LogP contribution < -0.4 is 10.6 Å². The van der Waals surface area contributed by atoms with E-state index in [0.717, 1.165) is 23.4 Å². The van der Waals surface area contributed by atoms with Crippen LogP contribution >= 0.6 is 35.7 Å². The Morgan fingerprint density at radius 2 is 2.14 bits per heavy atom. The number of terminal acetylenes is 1. The van der Waals surface area contributed by atoms with Crippen LogP contribution in [-0.2, 0) is 12.3 Å². The van der Waals surface area contributed by atoms with E-state index < -0.39 is 0 Å². The Labute approximate surface area is 147 Å². The predicted molar refractivity (Wildman–Crippen MR) is 101 cm³/mol. The van der Waals surface area contributed by atoms with Crippen LogP contribution in [0.15, 0.2) is 23.2 Å². The molecule has 0 unspecified atom stereocenters. The molecule has 1 aromatic rings. The second-order valence-electron chi connectivity index (χ2n) is 4.10. The Balaban J connectivity index is 0.00000400. The van der Waals surface area contributed by atoms with Crippen molar-refractivity contribution in [2.75, 3.05) is 19.3 Å². The van der Waals surface area contributed by atoms with Gasteiger partial charge >= 0.3 is 0 Å². The molecule has 2 N–H and O–H groups in total. The van der Waals surface area contributed by atoms with Crippen molar-refractivity contribution in [1.82, 2.24) is 10.6 Å². The highest BCUT2D eigenvalue weighted by molar-refractivity contribution is 14.0. The van der Waals surface area contributed by atoms with Gasteiger partial charge in [-0.05, 0) is 36.4 Å². The molecule has 0 aliphatic rings. The number of aliphatic imine (C=N–C) groups is 1. The van der Waals surface area contributed by atoms with Gasteiger partial charge in [-0.2, -0.15) is 11.8 Å². The number of hydrogen-bond donors (Lipinski definition) is 2. The van der Waals surface area contributed by atoms with E-state index >= 15 is 0 Å². The molecule has 0 radical (unpaired) electrons. The van der Waals surface area contributed by atoms with Crippen LogP contribution in [0, 0.1) is 18.2 Å². The summed E-state index contributed by atoms with van der Waals surface area (Å²) in [5, 5.41) is 6.14. The summed E-state index contributed by atoms with van der Waals surface area (Å²) in [6.07, 6.45) is 7.22. The van der Waals surface area contributed by atoms with Gasteiger partial charge in [0.05, 0.1) is 13.1 Å². The van der Waals surface area contributed by atoms with E-state index in [-0.39, 0.29) is 29.8 Å². The van der Waals surface area contributed by atoms with Crippen molar-refractivity contribution in [1.29, 1.82) is 0 Å². The SMILES string of the molecule is C#CCNC(=NCc1ccc(F)cc1CSC)NCC.I. The lowest BCUT2D eigenvalue weighted by Gasteiger charge is -2.10. The van der Waals surface area contributed by atoms with E-state index in [2.05, 4.69) is 21.5 Å². The average molecular weight is 421 g/mol. The Kier molecular flexibility index (Phi) is 11.2. The Hall–Kier alpha value is -0.940. The summed E-state index contributed by atoms with van der Waals surface area (Å²) in [6, 6.07) is 4.83. The van der Waals surface area contributed by atoms with Crippen molar-refractivity contribution in [3.63, 3.8) is 0 Å². The number of thioether (sulfide) groups is 1. The minimum Gasteiger partial charge on any atom is -0.357 e. The molecule has 0 aromatic heterocycles. The van der Waals surface area contributed by atoms with Gasteiger partial charge in [-0.3, -0.25) is 0 Å². The summed E-state index contributed by atoms with van der Waals surface area (Å²) in [5.74, 6) is 3.75. The zero-order valence-electron chi connectivity index (χ0n) is 12.3. The van der Waals surface area contributed by atoms with E-state index in [1.54, 1.807) is 23.9 Å².